The van der Waals surface area contributed by atoms with Gasteiger partial charge in [0.15, 0.2) is 0 Å². The smallest absolute Gasteiger partial charge is 0.0726 e. The third kappa shape index (κ3) is 5.06. The van der Waals surface area contributed by atoms with Crippen LogP contribution in [-0.2, 0) is 5.41 Å². The van der Waals surface area contributed by atoms with Gasteiger partial charge in [0, 0.05) is 53.3 Å². The predicted molar refractivity (Wildman–Crippen MR) is 288 cm³/mol. The number of thiophene rings is 1. The normalized spacial score (nSPS) is 13.1. The van der Waals surface area contributed by atoms with Crippen LogP contribution in [0.1, 0.15) is 22.3 Å². The minimum atomic E-state index is -0.446. The molecule has 2 aromatic heterocycles. The first-order valence-corrected chi connectivity index (χ1v) is 24.3. The van der Waals surface area contributed by atoms with Gasteiger partial charge in [0.2, 0.25) is 0 Å². The highest BCUT2D eigenvalue weighted by atomic mass is 32.1. The van der Waals surface area contributed by atoms with Crippen LogP contribution in [0, 0.1) is 0 Å². The van der Waals surface area contributed by atoms with Crippen LogP contribution in [0.4, 0.5) is 17.1 Å². The van der Waals surface area contributed by atoms with Crippen molar-refractivity contribution in [3.8, 4) is 39.1 Å². The van der Waals surface area contributed by atoms with Gasteiger partial charge in [-0.1, -0.05) is 188 Å². The Hall–Kier alpha value is -8.50. The Morgan fingerprint density at radius 2 is 0.971 bits per heavy atom. The van der Waals surface area contributed by atoms with Gasteiger partial charge in [0.1, 0.15) is 0 Å². The maximum absolute atomic E-state index is 2.55. The number of rotatable bonds is 5. The van der Waals surface area contributed by atoms with E-state index in [-0.39, 0.29) is 0 Å². The summed E-state index contributed by atoms with van der Waals surface area (Å²) < 4.78 is 5.03. The third-order valence-corrected chi connectivity index (χ3v) is 16.1. The number of hydrogen-bond donors (Lipinski definition) is 0. The molecule has 2 aliphatic rings. The van der Waals surface area contributed by atoms with Crippen molar-refractivity contribution in [3.05, 3.63) is 265 Å². The molecule has 0 unspecified atom stereocenters. The number of hydrogen-bond acceptors (Lipinski definition) is 2. The van der Waals surface area contributed by atoms with Crippen molar-refractivity contribution in [2.45, 2.75) is 5.41 Å². The van der Waals surface area contributed by atoms with Crippen molar-refractivity contribution >= 4 is 81.1 Å². The summed E-state index contributed by atoms with van der Waals surface area (Å²) in [7, 11) is 0. The number of nitrogens with zero attached hydrogens (tertiary/aromatic N) is 2. The first-order valence-electron chi connectivity index (χ1n) is 23.5. The summed E-state index contributed by atoms with van der Waals surface area (Å²) in [5, 5.41) is 7.57. The SMILES string of the molecule is c1ccc(-n2c3cc(-c4ccc(N(c5cccc6c5-c5ccccc5C65c6ccccc6-c6ccccc65)c5cccc6sc7ccccc7c56)cc4)ccc3c3ccc4ccccc4c32)cc1. The summed E-state index contributed by atoms with van der Waals surface area (Å²) in [4.78, 5) is 2.55. The fourth-order valence-corrected chi connectivity index (χ4v) is 13.4. The maximum Gasteiger partial charge on any atom is 0.0726 e. The predicted octanol–water partition coefficient (Wildman–Crippen LogP) is 17.8. The van der Waals surface area contributed by atoms with E-state index in [1.165, 1.54) is 120 Å². The number of benzene rings is 11. The number of para-hydroxylation sites is 1. The van der Waals surface area contributed by atoms with Crippen molar-refractivity contribution in [2.75, 3.05) is 4.90 Å². The molecule has 0 radical (unpaired) electrons. The Labute approximate surface area is 397 Å². The van der Waals surface area contributed by atoms with Crippen molar-refractivity contribution in [2.24, 2.45) is 0 Å². The van der Waals surface area contributed by atoms with Crippen LogP contribution in [0.5, 0.6) is 0 Å². The molecule has 0 fully saturated rings. The first-order chi connectivity index (χ1) is 33.8. The third-order valence-electron chi connectivity index (χ3n) is 15.0. The van der Waals surface area contributed by atoms with E-state index in [4.69, 9.17) is 0 Å². The first kappa shape index (κ1) is 37.7. The lowest BCUT2D eigenvalue weighted by Gasteiger charge is -2.32. The van der Waals surface area contributed by atoms with Crippen molar-refractivity contribution < 1.29 is 0 Å². The van der Waals surface area contributed by atoms with Gasteiger partial charge in [-0.2, -0.15) is 0 Å². The van der Waals surface area contributed by atoms with E-state index in [9.17, 15) is 0 Å². The number of aromatic nitrogens is 1. The molecule has 68 heavy (non-hydrogen) atoms. The van der Waals surface area contributed by atoms with Gasteiger partial charge in [-0.3, -0.25) is 0 Å². The highest BCUT2D eigenvalue weighted by Gasteiger charge is 2.52. The second kappa shape index (κ2) is 14.3. The molecule has 0 saturated heterocycles. The molecule has 2 nitrogen and oxygen atoms in total. The summed E-state index contributed by atoms with van der Waals surface area (Å²) in [5.74, 6) is 0. The Kier molecular flexibility index (Phi) is 7.90. The van der Waals surface area contributed by atoms with Gasteiger partial charge in [-0.15, -0.1) is 11.3 Å². The van der Waals surface area contributed by atoms with Crippen LogP contribution in [-0.4, -0.2) is 4.57 Å². The van der Waals surface area contributed by atoms with E-state index in [0.29, 0.717) is 0 Å². The molecule has 11 aromatic carbocycles. The van der Waals surface area contributed by atoms with E-state index >= 15 is 0 Å². The van der Waals surface area contributed by atoms with Crippen LogP contribution in [0.15, 0.2) is 243 Å². The molecular weight excluding hydrogens is 841 g/mol. The minimum absolute atomic E-state index is 0.446. The van der Waals surface area contributed by atoms with E-state index < -0.39 is 5.41 Å². The van der Waals surface area contributed by atoms with Gasteiger partial charge in [-0.05, 0) is 110 Å². The zero-order valence-electron chi connectivity index (χ0n) is 36.9. The molecule has 2 aliphatic carbocycles. The topological polar surface area (TPSA) is 8.17 Å². The summed E-state index contributed by atoms with van der Waals surface area (Å²) >= 11 is 1.87. The second-order valence-electron chi connectivity index (χ2n) is 18.3. The highest BCUT2D eigenvalue weighted by molar-refractivity contribution is 7.26. The zero-order valence-corrected chi connectivity index (χ0v) is 37.7. The van der Waals surface area contributed by atoms with Crippen LogP contribution >= 0.6 is 11.3 Å². The van der Waals surface area contributed by atoms with Crippen LogP contribution < -0.4 is 4.90 Å². The van der Waals surface area contributed by atoms with Crippen LogP contribution in [0.25, 0.3) is 91.8 Å². The summed E-state index contributed by atoms with van der Waals surface area (Å²) in [6.07, 6.45) is 0. The summed E-state index contributed by atoms with van der Waals surface area (Å²) in [6, 6.07) is 90.5. The van der Waals surface area contributed by atoms with E-state index in [2.05, 4.69) is 252 Å². The van der Waals surface area contributed by atoms with Crippen LogP contribution in [0.3, 0.4) is 0 Å². The summed E-state index contributed by atoms with van der Waals surface area (Å²) in [5.41, 5.74) is 19.5. The molecule has 0 bridgehead atoms. The molecule has 0 N–H and O–H groups in total. The monoisotopic (exact) mass is 880 g/mol. The van der Waals surface area contributed by atoms with Gasteiger partial charge >= 0.3 is 0 Å². The fourth-order valence-electron chi connectivity index (χ4n) is 12.3. The zero-order chi connectivity index (χ0) is 44.5. The van der Waals surface area contributed by atoms with Crippen molar-refractivity contribution in [1.29, 1.82) is 0 Å². The molecule has 316 valence electrons. The molecule has 13 aromatic rings. The molecule has 1 spiro atoms. The molecule has 15 rings (SSSR count). The molecule has 3 heteroatoms. The maximum atomic E-state index is 2.55. The number of anilines is 3. The van der Waals surface area contributed by atoms with E-state index in [1.54, 1.807) is 0 Å². The summed E-state index contributed by atoms with van der Waals surface area (Å²) in [6.45, 7) is 0. The lowest BCUT2D eigenvalue weighted by atomic mass is 9.70. The van der Waals surface area contributed by atoms with Gasteiger partial charge < -0.3 is 9.47 Å². The molecule has 0 atom stereocenters. The second-order valence-corrected chi connectivity index (χ2v) is 19.4. The number of fused-ring (bicyclic) bond motifs is 18. The van der Waals surface area contributed by atoms with Crippen molar-refractivity contribution in [1.82, 2.24) is 4.57 Å². The average molecular weight is 881 g/mol. The fraction of sp³-hybridized carbons (Fsp3) is 0.0154. The average Bonchev–Trinajstić information content (AvgIpc) is 4.13. The Morgan fingerprint density at radius 1 is 0.382 bits per heavy atom. The van der Waals surface area contributed by atoms with Gasteiger partial charge in [0.05, 0.1) is 27.8 Å². The molecule has 0 amide bonds. The quantitative estimate of drug-likeness (QED) is 0.167. The largest absolute Gasteiger partial charge is 0.309 e. The van der Waals surface area contributed by atoms with Gasteiger partial charge in [0.25, 0.3) is 0 Å². The van der Waals surface area contributed by atoms with E-state index in [1.807, 2.05) is 11.3 Å². The van der Waals surface area contributed by atoms with Gasteiger partial charge in [-0.25, -0.2) is 0 Å². The lowest BCUT2D eigenvalue weighted by molar-refractivity contribution is 0.794. The standard InChI is InChI=1S/C65H40N2S/c1-2-17-44(18-3-1)67-59-40-43(35-38-49(59)50-39-34-42-16-4-5-19-46(42)64(50)67)41-32-36-45(37-33-41)66(58-29-15-31-61-63(58)52-23-9-13-30-60(52)68-61)57-28-14-27-56-62(57)51-22-8-12-26-55(51)65(56)53-24-10-6-20-47(53)48-21-7-11-25-54(48)65/h1-40H. The molecule has 2 heterocycles. The minimum Gasteiger partial charge on any atom is -0.309 e. The lowest BCUT2D eigenvalue weighted by Crippen LogP contribution is -2.26. The molecule has 0 saturated carbocycles. The molecule has 0 aliphatic heterocycles. The Bertz CT molecular complexity index is 4170. The van der Waals surface area contributed by atoms with Crippen LogP contribution in [0.2, 0.25) is 0 Å². The molecular formula is C65H40N2S. The van der Waals surface area contributed by atoms with E-state index in [0.717, 1.165) is 11.4 Å². The highest BCUT2D eigenvalue weighted by Crippen LogP contribution is 2.65. The Morgan fingerprint density at radius 3 is 1.76 bits per heavy atom. The Balaban J connectivity index is 0.960. The van der Waals surface area contributed by atoms with Crippen molar-refractivity contribution in [3.63, 3.8) is 0 Å².